The minimum atomic E-state index is -0.301. The van der Waals surface area contributed by atoms with Gasteiger partial charge in [-0.05, 0) is 71.0 Å². The van der Waals surface area contributed by atoms with Crippen molar-refractivity contribution in [3.8, 4) is 0 Å². The topological polar surface area (TPSA) is 75.3 Å². The molecule has 0 aliphatic carbocycles. The van der Waals surface area contributed by atoms with Gasteiger partial charge in [-0.25, -0.2) is 0 Å². The normalized spacial score (nSPS) is 16.8. The van der Waals surface area contributed by atoms with Crippen molar-refractivity contribution < 1.29 is 14.4 Å². The fourth-order valence-corrected chi connectivity index (χ4v) is 2.94. The summed E-state index contributed by atoms with van der Waals surface area (Å²) in [4.78, 5) is 35.0. The largest absolute Gasteiger partial charge is 0.322 e. The lowest BCUT2D eigenvalue weighted by atomic mass is 9.98. The second-order valence-corrected chi connectivity index (χ2v) is 6.92. The van der Waals surface area contributed by atoms with Gasteiger partial charge in [-0.2, -0.15) is 0 Å². The highest BCUT2D eigenvalue weighted by Crippen LogP contribution is 2.19. The van der Waals surface area contributed by atoms with Gasteiger partial charge in [0, 0.05) is 21.2 Å². The Labute approximate surface area is 153 Å². The van der Waals surface area contributed by atoms with Gasteiger partial charge in [-0.1, -0.05) is 12.1 Å². The summed E-state index contributed by atoms with van der Waals surface area (Å²) >= 11 is 2.19. The van der Waals surface area contributed by atoms with Gasteiger partial charge in [0.2, 0.25) is 11.8 Å². The molecule has 6 heteroatoms. The molecule has 1 unspecified atom stereocenters. The molecule has 0 saturated carbocycles. The highest BCUT2D eigenvalue weighted by atomic mass is 127. The van der Waals surface area contributed by atoms with Crippen molar-refractivity contribution in [2.45, 2.75) is 12.8 Å². The molecule has 0 radical (unpaired) electrons. The van der Waals surface area contributed by atoms with Crippen LogP contribution in [0, 0.1) is 9.49 Å². The van der Waals surface area contributed by atoms with Crippen molar-refractivity contribution in [2.24, 2.45) is 5.92 Å². The number of amides is 3. The lowest BCUT2D eigenvalue weighted by molar-refractivity contribution is -0.125. The average Bonchev–Trinajstić information content (AvgIpc) is 2.87. The fraction of sp³-hybridized carbons (Fsp3) is 0.167. The van der Waals surface area contributed by atoms with Crippen LogP contribution in [-0.4, -0.2) is 17.7 Å². The first-order valence-electron chi connectivity index (χ1n) is 7.51. The lowest BCUT2D eigenvalue weighted by Crippen LogP contribution is -2.22. The Hall–Kier alpha value is -2.22. The molecule has 3 rings (SSSR count). The van der Waals surface area contributed by atoms with Gasteiger partial charge in [0.05, 0.1) is 5.92 Å². The summed E-state index contributed by atoms with van der Waals surface area (Å²) in [6.07, 6.45) is 0.757. The Bertz CT molecular complexity index is 785. The highest BCUT2D eigenvalue weighted by molar-refractivity contribution is 14.1. The molecule has 2 N–H and O–H groups in total. The van der Waals surface area contributed by atoms with Crippen LogP contribution in [0.2, 0.25) is 0 Å². The van der Waals surface area contributed by atoms with E-state index in [1.807, 2.05) is 24.3 Å². The van der Waals surface area contributed by atoms with Crippen LogP contribution >= 0.6 is 22.6 Å². The predicted molar refractivity (Wildman–Crippen MR) is 98.5 cm³/mol. The molecule has 1 aliphatic rings. The van der Waals surface area contributed by atoms with E-state index in [4.69, 9.17) is 0 Å². The van der Waals surface area contributed by atoms with E-state index in [2.05, 4.69) is 33.2 Å². The predicted octanol–water partition coefficient (Wildman–Crippen LogP) is 2.75. The second kappa shape index (κ2) is 7.12. The number of imide groups is 1. The summed E-state index contributed by atoms with van der Waals surface area (Å²) in [6.45, 7) is 0. The number of rotatable bonds is 4. The number of carbonyl (C=O) groups excluding carboxylic acids is 3. The van der Waals surface area contributed by atoms with Gasteiger partial charge in [0.25, 0.3) is 5.91 Å². The molecule has 0 aromatic heterocycles. The van der Waals surface area contributed by atoms with Gasteiger partial charge >= 0.3 is 0 Å². The molecule has 0 spiro atoms. The molecule has 1 atom stereocenters. The molecule has 5 nitrogen and oxygen atoms in total. The van der Waals surface area contributed by atoms with E-state index in [9.17, 15) is 14.4 Å². The molecule has 0 bridgehead atoms. The zero-order valence-electron chi connectivity index (χ0n) is 12.7. The quantitative estimate of drug-likeness (QED) is 0.574. The summed E-state index contributed by atoms with van der Waals surface area (Å²) in [6, 6.07) is 14.6. The summed E-state index contributed by atoms with van der Waals surface area (Å²) in [7, 11) is 0. The van der Waals surface area contributed by atoms with Crippen LogP contribution in [-0.2, 0) is 16.0 Å². The first-order valence-corrected chi connectivity index (χ1v) is 8.59. The number of carbonyl (C=O) groups is 3. The molecule has 2 aromatic rings. The van der Waals surface area contributed by atoms with Crippen molar-refractivity contribution in [2.75, 3.05) is 5.32 Å². The van der Waals surface area contributed by atoms with Gasteiger partial charge in [-0.15, -0.1) is 0 Å². The van der Waals surface area contributed by atoms with Crippen LogP contribution in [0.3, 0.4) is 0 Å². The van der Waals surface area contributed by atoms with E-state index < -0.39 is 0 Å². The maximum absolute atomic E-state index is 12.2. The summed E-state index contributed by atoms with van der Waals surface area (Å²) in [5.41, 5.74) is 2.24. The molecule has 1 saturated heterocycles. The van der Waals surface area contributed by atoms with Crippen LogP contribution in [0.15, 0.2) is 48.5 Å². The van der Waals surface area contributed by atoms with Crippen LogP contribution in [0.1, 0.15) is 22.3 Å². The number of benzene rings is 2. The molecule has 3 amide bonds. The molecular formula is C18H15IN2O3. The van der Waals surface area contributed by atoms with E-state index in [1.54, 1.807) is 24.3 Å². The molecular weight excluding hydrogens is 419 g/mol. The number of halogens is 1. The Balaban J connectivity index is 1.62. The van der Waals surface area contributed by atoms with Gasteiger partial charge in [-0.3, -0.25) is 19.7 Å². The molecule has 1 heterocycles. The average molecular weight is 434 g/mol. The Kier molecular flexibility index (Phi) is 4.94. The first kappa shape index (κ1) is 16.6. The molecule has 2 aromatic carbocycles. The van der Waals surface area contributed by atoms with Gasteiger partial charge in [0.1, 0.15) is 0 Å². The van der Waals surface area contributed by atoms with Crippen molar-refractivity contribution in [3.05, 3.63) is 63.2 Å². The third-order valence-electron chi connectivity index (χ3n) is 3.87. The third kappa shape index (κ3) is 4.00. The number of anilines is 1. The first-order chi connectivity index (χ1) is 11.5. The minimum Gasteiger partial charge on any atom is -0.322 e. The van der Waals surface area contributed by atoms with E-state index >= 15 is 0 Å². The Morgan fingerprint density at radius 2 is 1.75 bits per heavy atom. The van der Waals surface area contributed by atoms with Crippen molar-refractivity contribution in [1.82, 2.24) is 5.32 Å². The molecule has 1 fully saturated rings. The van der Waals surface area contributed by atoms with Crippen LogP contribution < -0.4 is 10.6 Å². The smallest absolute Gasteiger partial charge is 0.255 e. The maximum Gasteiger partial charge on any atom is 0.255 e. The summed E-state index contributed by atoms with van der Waals surface area (Å²) < 4.78 is 1.07. The standard InChI is InChI=1S/C18H15IN2O3/c19-14-5-3-12(4-6-14)17(23)20-15-7-1-11(2-8-15)9-13-10-16(22)21-18(13)24/h1-8,13H,9-10H2,(H,20,23)(H,21,22,24). The van der Waals surface area contributed by atoms with E-state index in [0.717, 1.165) is 9.13 Å². The summed E-state index contributed by atoms with van der Waals surface area (Å²) in [5.74, 6) is -0.896. The number of hydrogen-bond donors (Lipinski definition) is 2. The zero-order chi connectivity index (χ0) is 17.1. The van der Waals surface area contributed by atoms with Crippen LogP contribution in [0.25, 0.3) is 0 Å². The molecule has 122 valence electrons. The third-order valence-corrected chi connectivity index (χ3v) is 4.58. The Morgan fingerprint density at radius 1 is 1.08 bits per heavy atom. The highest BCUT2D eigenvalue weighted by Gasteiger charge is 2.30. The second-order valence-electron chi connectivity index (χ2n) is 5.68. The number of hydrogen-bond acceptors (Lipinski definition) is 3. The SMILES string of the molecule is O=C1CC(Cc2ccc(NC(=O)c3ccc(I)cc3)cc2)C(=O)N1. The monoisotopic (exact) mass is 434 g/mol. The molecule has 1 aliphatic heterocycles. The van der Waals surface area contributed by atoms with Crippen molar-refractivity contribution in [1.29, 1.82) is 0 Å². The van der Waals surface area contributed by atoms with E-state index in [-0.39, 0.29) is 30.1 Å². The minimum absolute atomic E-state index is 0.167. The summed E-state index contributed by atoms with van der Waals surface area (Å²) in [5, 5.41) is 5.15. The number of nitrogens with one attached hydrogen (secondary N) is 2. The fourth-order valence-electron chi connectivity index (χ4n) is 2.59. The van der Waals surface area contributed by atoms with Crippen molar-refractivity contribution in [3.63, 3.8) is 0 Å². The van der Waals surface area contributed by atoms with E-state index in [1.165, 1.54) is 0 Å². The Morgan fingerprint density at radius 3 is 2.33 bits per heavy atom. The van der Waals surface area contributed by atoms with Crippen molar-refractivity contribution >= 4 is 46.0 Å². The van der Waals surface area contributed by atoms with Gasteiger partial charge < -0.3 is 5.32 Å². The lowest BCUT2D eigenvalue weighted by Gasteiger charge is -2.09. The molecule has 24 heavy (non-hydrogen) atoms. The van der Waals surface area contributed by atoms with Gasteiger partial charge in [0.15, 0.2) is 0 Å². The zero-order valence-corrected chi connectivity index (χ0v) is 14.9. The maximum atomic E-state index is 12.2. The van der Waals surface area contributed by atoms with Crippen LogP contribution in [0.4, 0.5) is 5.69 Å². The van der Waals surface area contributed by atoms with Crippen LogP contribution in [0.5, 0.6) is 0 Å². The van der Waals surface area contributed by atoms with E-state index in [0.29, 0.717) is 17.7 Å².